The molecule has 0 saturated heterocycles. The summed E-state index contributed by atoms with van der Waals surface area (Å²) in [6, 6.07) is 15.6. The van der Waals surface area contributed by atoms with Crippen LogP contribution in [0.4, 0.5) is 5.69 Å². The number of fused-ring (bicyclic) bond motifs is 1. The van der Waals surface area contributed by atoms with Gasteiger partial charge in [0.25, 0.3) is 5.91 Å². The van der Waals surface area contributed by atoms with Gasteiger partial charge < -0.3 is 15.0 Å². The topological polar surface area (TPSA) is 75.7 Å². The molecule has 0 aliphatic carbocycles. The number of hydrogen-bond acceptors (Lipinski definition) is 4. The first-order valence-electron chi connectivity index (χ1n) is 8.41. The van der Waals surface area contributed by atoms with Crippen molar-refractivity contribution in [2.45, 2.75) is 25.4 Å². The SMILES string of the molecule is COC(=O)CC[C@H]1C(=O)Nc2ccccc2C(=O)N1Cc1ccccc1. The summed E-state index contributed by atoms with van der Waals surface area (Å²) in [6.07, 6.45) is 0.259. The van der Waals surface area contributed by atoms with Gasteiger partial charge in [0.2, 0.25) is 5.91 Å². The minimum Gasteiger partial charge on any atom is -0.469 e. The summed E-state index contributed by atoms with van der Waals surface area (Å²) in [5, 5.41) is 2.81. The van der Waals surface area contributed by atoms with Crippen LogP contribution in [0.3, 0.4) is 0 Å². The number of benzene rings is 2. The number of esters is 1. The first-order chi connectivity index (χ1) is 12.6. The first kappa shape index (κ1) is 17.7. The highest BCUT2D eigenvalue weighted by Gasteiger charge is 2.35. The number of para-hydroxylation sites is 1. The molecular formula is C20H20N2O4. The van der Waals surface area contributed by atoms with E-state index in [1.54, 1.807) is 24.3 Å². The molecule has 0 radical (unpaired) electrons. The van der Waals surface area contributed by atoms with Gasteiger partial charge >= 0.3 is 5.97 Å². The molecule has 0 fully saturated rings. The second-order valence-electron chi connectivity index (χ2n) is 6.08. The highest BCUT2D eigenvalue weighted by atomic mass is 16.5. The van der Waals surface area contributed by atoms with E-state index in [1.807, 2.05) is 30.3 Å². The molecule has 0 saturated carbocycles. The monoisotopic (exact) mass is 352 g/mol. The van der Waals surface area contributed by atoms with Gasteiger partial charge in [-0.3, -0.25) is 14.4 Å². The van der Waals surface area contributed by atoms with Gasteiger partial charge in [0, 0.05) is 13.0 Å². The normalized spacial score (nSPS) is 16.5. The van der Waals surface area contributed by atoms with Crippen molar-refractivity contribution >= 4 is 23.5 Å². The lowest BCUT2D eigenvalue weighted by Crippen LogP contribution is -2.45. The Balaban J connectivity index is 1.95. The summed E-state index contributed by atoms with van der Waals surface area (Å²) in [5.41, 5.74) is 1.84. The van der Waals surface area contributed by atoms with E-state index < -0.39 is 12.0 Å². The maximum Gasteiger partial charge on any atom is 0.305 e. The summed E-state index contributed by atoms with van der Waals surface area (Å²) in [5.74, 6) is -0.951. The maximum atomic E-state index is 13.1. The third-order valence-corrected chi connectivity index (χ3v) is 4.40. The van der Waals surface area contributed by atoms with Crippen LogP contribution in [0.2, 0.25) is 0 Å². The molecule has 1 N–H and O–H groups in total. The average molecular weight is 352 g/mol. The predicted molar refractivity (Wildman–Crippen MR) is 96.4 cm³/mol. The smallest absolute Gasteiger partial charge is 0.305 e. The molecule has 2 aromatic rings. The zero-order valence-corrected chi connectivity index (χ0v) is 14.5. The van der Waals surface area contributed by atoms with Crippen LogP contribution in [-0.2, 0) is 20.9 Å². The van der Waals surface area contributed by atoms with Crippen molar-refractivity contribution in [3.05, 3.63) is 65.7 Å². The van der Waals surface area contributed by atoms with Crippen molar-refractivity contribution in [2.75, 3.05) is 12.4 Å². The van der Waals surface area contributed by atoms with E-state index >= 15 is 0 Å². The molecule has 3 rings (SSSR count). The fourth-order valence-electron chi connectivity index (χ4n) is 3.04. The van der Waals surface area contributed by atoms with Crippen molar-refractivity contribution in [1.82, 2.24) is 4.90 Å². The largest absolute Gasteiger partial charge is 0.469 e. The Labute approximate surface area is 151 Å². The standard InChI is InChI=1S/C20H20N2O4/c1-26-18(23)12-11-17-19(24)21-16-10-6-5-9-15(16)20(25)22(17)13-14-7-3-2-4-8-14/h2-10,17H,11-13H2,1H3,(H,21,24)/t17-/m0/s1. The number of carbonyl (C=O) groups excluding carboxylic acids is 3. The van der Waals surface area contributed by atoms with Crippen molar-refractivity contribution in [1.29, 1.82) is 0 Å². The zero-order chi connectivity index (χ0) is 18.5. The van der Waals surface area contributed by atoms with Gasteiger partial charge in [-0.05, 0) is 24.1 Å². The average Bonchev–Trinajstić information content (AvgIpc) is 2.76. The second kappa shape index (κ2) is 7.82. The van der Waals surface area contributed by atoms with Gasteiger partial charge in [-0.1, -0.05) is 42.5 Å². The van der Waals surface area contributed by atoms with Crippen LogP contribution < -0.4 is 5.32 Å². The molecule has 0 spiro atoms. The Morgan fingerprint density at radius 3 is 2.50 bits per heavy atom. The van der Waals surface area contributed by atoms with E-state index in [2.05, 4.69) is 10.1 Å². The molecule has 2 amide bonds. The third-order valence-electron chi connectivity index (χ3n) is 4.40. The van der Waals surface area contributed by atoms with E-state index in [0.29, 0.717) is 11.3 Å². The molecule has 0 aromatic heterocycles. The minimum absolute atomic E-state index is 0.0590. The summed E-state index contributed by atoms with van der Waals surface area (Å²) < 4.78 is 4.68. The fraction of sp³-hybridized carbons (Fsp3) is 0.250. The van der Waals surface area contributed by atoms with Crippen LogP contribution in [0, 0.1) is 0 Å². The Bertz CT molecular complexity index is 820. The van der Waals surface area contributed by atoms with E-state index in [9.17, 15) is 14.4 Å². The molecule has 0 unspecified atom stereocenters. The molecule has 1 atom stereocenters. The molecular weight excluding hydrogens is 332 g/mol. The number of nitrogens with one attached hydrogen (secondary N) is 1. The van der Waals surface area contributed by atoms with Gasteiger partial charge in [0.05, 0.1) is 18.4 Å². The summed E-state index contributed by atoms with van der Waals surface area (Å²) in [7, 11) is 1.30. The van der Waals surface area contributed by atoms with Gasteiger partial charge in [-0.2, -0.15) is 0 Å². The van der Waals surface area contributed by atoms with Crippen molar-refractivity contribution < 1.29 is 19.1 Å². The number of amides is 2. The van der Waals surface area contributed by atoms with Crippen molar-refractivity contribution in [2.24, 2.45) is 0 Å². The van der Waals surface area contributed by atoms with Crippen LogP contribution in [0.25, 0.3) is 0 Å². The summed E-state index contributed by atoms with van der Waals surface area (Å²) in [6.45, 7) is 0.285. The quantitative estimate of drug-likeness (QED) is 0.839. The predicted octanol–water partition coefficient (Wildman–Crippen LogP) is 2.60. The van der Waals surface area contributed by atoms with Crippen LogP contribution in [0.15, 0.2) is 54.6 Å². The van der Waals surface area contributed by atoms with Crippen LogP contribution in [0.1, 0.15) is 28.8 Å². The fourth-order valence-corrected chi connectivity index (χ4v) is 3.04. The number of hydrogen-bond donors (Lipinski definition) is 1. The van der Waals surface area contributed by atoms with E-state index in [-0.39, 0.29) is 31.2 Å². The minimum atomic E-state index is -0.755. The van der Waals surface area contributed by atoms with Crippen molar-refractivity contribution in [3.8, 4) is 0 Å². The molecule has 2 aromatic carbocycles. The molecule has 1 heterocycles. The Morgan fingerprint density at radius 2 is 1.77 bits per heavy atom. The lowest BCUT2D eigenvalue weighted by Gasteiger charge is -2.28. The third kappa shape index (κ3) is 3.74. The van der Waals surface area contributed by atoms with Gasteiger partial charge in [0.1, 0.15) is 6.04 Å². The van der Waals surface area contributed by atoms with Gasteiger partial charge in [-0.25, -0.2) is 0 Å². The highest BCUT2D eigenvalue weighted by Crippen LogP contribution is 2.26. The van der Waals surface area contributed by atoms with Gasteiger partial charge in [-0.15, -0.1) is 0 Å². The van der Waals surface area contributed by atoms with E-state index in [4.69, 9.17) is 0 Å². The summed E-state index contributed by atoms with van der Waals surface area (Å²) >= 11 is 0. The first-order valence-corrected chi connectivity index (χ1v) is 8.41. The Hall–Kier alpha value is -3.15. The van der Waals surface area contributed by atoms with E-state index in [1.165, 1.54) is 12.0 Å². The summed E-state index contributed by atoms with van der Waals surface area (Å²) in [4.78, 5) is 39.0. The molecule has 0 bridgehead atoms. The molecule has 1 aliphatic heterocycles. The highest BCUT2D eigenvalue weighted by molar-refractivity contribution is 6.09. The van der Waals surface area contributed by atoms with Crippen LogP contribution in [0.5, 0.6) is 0 Å². The Kier molecular flexibility index (Phi) is 5.31. The lowest BCUT2D eigenvalue weighted by atomic mass is 10.1. The van der Waals surface area contributed by atoms with Crippen LogP contribution in [-0.4, -0.2) is 35.8 Å². The lowest BCUT2D eigenvalue weighted by molar-refractivity contribution is -0.141. The number of rotatable bonds is 5. The maximum absolute atomic E-state index is 13.1. The molecule has 6 heteroatoms. The second-order valence-corrected chi connectivity index (χ2v) is 6.08. The number of nitrogens with zero attached hydrogens (tertiary/aromatic N) is 1. The number of methoxy groups -OCH3 is 1. The molecule has 26 heavy (non-hydrogen) atoms. The zero-order valence-electron chi connectivity index (χ0n) is 14.5. The number of ether oxygens (including phenoxy) is 1. The van der Waals surface area contributed by atoms with Gasteiger partial charge in [0.15, 0.2) is 0 Å². The molecule has 6 nitrogen and oxygen atoms in total. The van der Waals surface area contributed by atoms with Crippen LogP contribution >= 0.6 is 0 Å². The van der Waals surface area contributed by atoms with E-state index in [0.717, 1.165) is 5.56 Å². The molecule has 1 aliphatic rings. The Morgan fingerprint density at radius 1 is 1.08 bits per heavy atom. The number of carbonyl (C=O) groups is 3. The molecule has 134 valence electrons. The van der Waals surface area contributed by atoms with Crippen molar-refractivity contribution in [3.63, 3.8) is 0 Å². The number of anilines is 1.